The number of rotatable bonds is 6. The van der Waals surface area contributed by atoms with Crippen LogP contribution in [0.25, 0.3) is 0 Å². The third-order valence-corrected chi connectivity index (χ3v) is 6.19. The van der Waals surface area contributed by atoms with Crippen molar-refractivity contribution in [3.63, 3.8) is 0 Å². The fourth-order valence-electron chi connectivity index (χ4n) is 2.94. The summed E-state index contributed by atoms with van der Waals surface area (Å²) in [5, 5.41) is 3.89. The molecule has 0 aromatic heterocycles. The highest BCUT2D eigenvalue weighted by Crippen LogP contribution is 2.26. The summed E-state index contributed by atoms with van der Waals surface area (Å²) in [4.78, 5) is 14.6. The van der Waals surface area contributed by atoms with Gasteiger partial charge in [-0.05, 0) is 71.5 Å². The zero-order chi connectivity index (χ0) is 23.4. The molecule has 3 rings (SSSR count). The second-order valence-electron chi connectivity index (χ2n) is 8.41. The molecule has 0 fully saturated rings. The largest absolute Gasteiger partial charge is 0.423 e. The Kier molecular flexibility index (Phi) is 6.79. The van der Waals surface area contributed by atoms with Crippen LogP contribution in [0.2, 0.25) is 0 Å². The smallest absolute Gasteiger partial charge is 0.343 e. The van der Waals surface area contributed by atoms with Crippen molar-refractivity contribution in [3.05, 3.63) is 95.1 Å². The molecule has 0 aliphatic rings. The lowest BCUT2D eigenvalue weighted by Gasteiger charge is -2.20. The van der Waals surface area contributed by atoms with Crippen LogP contribution >= 0.6 is 0 Å². The fraction of sp³-hybridized carbons (Fsp3) is 0.200. The molecule has 0 spiro atoms. The van der Waals surface area contributed by atoms with Gasteiger partial charge < -0.3 is 4.74 Å². The SMILES string of the molecule is Cc1ccc(C(C)(C)C)cc1S(=O)(=O)N/N=C/c1ccc(OC(=O)c2ccccc2)cc1. The number of sulfonamides is 1. The molecule has 0 bridgehead atoms. The summed E-state index contributed by atoms with van der Waals surface area (Å²) in [5.74, 6) is -0.0705. The average Bonchev–Trinajstić information content (AvgIpc) is 2.75. The van der Waals surface area contributed by atoms with E-state index in [9.17, 15) is 13.2 Å². The molecule has 0 heterocycles. The highest BCUT2D eigenvalue weighted by Gasteiger charge is 2.21. The lowest BCUT2D eigenvalue weighted by Crippen LogP contribution is -2.21. The number of hydrogen-bond donors (Lipinski definition) is 1. The second kappa shape index (κ2) is 9.36. The molecule has 0 saturated carbocycles. The van der Waals surface area contributed by atoms with Gasteiger partial charge in [-0.15, -0.1) is 0 Å². The van der Waals surface area contributed by atoms with Crippen LogP contribution in [0, 0.1) is 6.92 Å². The van der Waals surface area contributed by atoms with E-state index < -0.39 is 16.0 Å². The molecule has 3 aromatic carbocycles. The number of aryl methyl sites for hydroxylation is 1. The summed E-state index contributed by atoms with van der Waals surface area (Å²) in [6.45, 7) is 7.83. The van der Waals surface area contributed by atoms with Gasteiger partial charge in [-0.25, -0.2) is 9.63 Å². The van der Waals surface area contributed by atoms with Crippen molar-refractivity contribution in [2.24, 2.45) is 5.10 Å². The predicted molar refractivity (Wildman–Crippen MR) is 126 cm³/mol. The lowest BCUT2D eigenvalue weighted by molar-refractivity contribution is 0.0734. The molecule has 32 heavy (non-hydrogen) atoms. The van der Waals surface area contributed by atoms with Gasteiger partial charge >= 0.3 is 5.97 Å². The van der Waals surface area contributed by atoms with Gasteiger partial charge in [0.1, 0.15) is 5.75 Å². The first-order valence-corrected chi connectivity index (χ1v) is 11.6. The van der Waals surface area contributed by atoms with Crippen LogP contribution in [0.5, 0.6) is 5.75 Å². The molecule has 7 heteroatoms. The van der Waals surface area contributed by atoms with Gasteiger partial charge in [0, 0.05) is 0 Å². The Labute approximate surface area is 189 Å². The molecule has 3 aromatic rings. The highest BCUT2D eigenvalue weighted by atomic mass is 32.2. The van der Waals surface area contributed by atoms with Crippen LogP contribution in [-0.4, -0.2) is 20.6 Å². The van der Waals surface area contributed by atoms with E-state index in [1.54, 1.807) is 67.6 Å². The first kappa shape index (κ1) is 23.2. The van der Waals surface area contributed by atoms with E-state index in [4.69, 9.17) is 4.74 Å². The van der Waals surface area contributed by atoms with Crippen LogP contribution in [0.1, 0.15) is 47.8 Å². The molecule has 1 N–H and O–H groups in total. The van der Waals surface area contributed by atoms with Gasteiger partial charge in [0.2, 0.25) is 0 Å². The van der Waals surface area contributed by atoms with Crippen LogP contribution in [-0.2, 0) is 15.4 Å². The number of carbonyl (C=O) groups is 1. The van der Waals surface area contributed by atoms with E-state index >= 15 is 0 Å². The van der Waals surface area contributed by atoms with Crippen molar-refractivity contribution in [2.45, 2.75) is 38.0 Å². The second-order valence-corrected chi connectivity index (χ2v) is 10.0. The number of hydrazone groups is 1. The minimum Gasteiger partial charge on any atom is -0.423 e. The van der Waals surface area contributed by atoms with Crippen LogP contribution in [0.15, 0.2) is 82.8 Å². The molecular formula is C25H26N2O4S. The minimum atomic E-state index is -3.82. The summed E-state index contributed by atoms with van der Waals surface area (Å²) < 4.78 is 30.8. The zero-order valence-corrected chi connectivity index (χ0v) is 19.3. The van der Waals surface area contributed by atoms with Gasteiger partial charge in [0.25, 0.3) is 10.0 Å². The number of hydrogen-bond acceptors (Lipinski definition) is 5. The Morgan fingerprint density at radius 2 is 1.62 bits per heavy atom. The predicted octanol–water partition coefficient (Wildman–Crippen LogP) is 4.82. The van der Waals surface area contributed by atoms with E-state index in [-0.39, 0.29) is 10.3 Å². The van der Waals surface area contributed by atoms with Crippen LogP contribution < -0.4 is 9.57 Å². The number of ether oxygens (including phenoxy) is 1. The molecule has 0 aliphatic heterocycles. The van der Waals surface area contributed by atoms with Crippen molar-refractivity contribution >= 4 is 22.2 Å². The zero-order valence-electron chi connectivity index (χ0n) is 18.5. The van der Waals surface area contributed by atoms with Gasteiger partial charge in [-0.3, -0.25) is 0 Å². The Morgan fingerprint density at radius 3 is 2.25 bits per heavy atom. The Morgan fingerprint density at radius 1 is 0.969 bits per heavy atom. The van der Waals surface area contributed by atoms with E-state index in [0.29, 0.717) is 22.4 Å². The quantitative estimate of drug-likeness (QED) is 0.252. The topological polar surface area (TPSA) is 84.8 Å². The third-order valence-electron chi connectivity index (χ3n) is 4.83. The third kappa shape index (κ3) is 5.82. The van der Waals surface area contributed by atoms with E-state index in [2.05, 4.69) is 9.93 Å². The van der Waals surface area contributed by atoms with Crippen molar-refractivity contribution in [1.82, 2.24) is 4.83 Å². The normalized spacial score (nSPS) is 12.0. The molecule has 0 radical (unpaired) electrons. The molecule has 166 valence electrons. The Bertz CT molecular complexity index is 1230. The standard InChI is InChI=1S/C25H26N2O4S/c1-18-10-13-21(25(2,3)4)16-23(18)32(29,30)27-26-17-19-11-14-22(15-12-19)31-24(28)20-8-6-5-7-9-20/h5-17,27H,1-4H3/b26-17+. The van der Waals surface area contributed by atoms with Crippen molar-refractivity contribution in [1.29, 1.82) is 0 Å². The molecular weight excluding hydrogens is 424 g/mol. The van der Waals surface area contributed by atoms with Crippen LogP contribution in [0.4, 0.5) is 0 Å². The summed E-state index contributed by atoms with van der Waals surface area (Å²) >= 11 is 0. The fourth-order valence-corrected chi connectivity index (χ4v) is 4.00. The van der Waals surface area contributed by atoms with Gasteiger partial charge in [0.15, 0.2) is 0 Å². The van der Waals surface area contributed by atoms with Crippen molar-refractivity contribution in [3.8, 4) is 5.75 Å². The molecule has 0 saturated heterocycles. The molecule has 0 amide bonds. The molecule has 0 aliphatic carbocycles. The number of esters is 1. The van der Waals surface area contributed by atoms with E-state index in [1.807, 2.05) is 32.9 Å². The van der Waals surface area contributed by atoms with Crippen molar-refractivity contribution < 1.29 is 17.9 Å². The van der Waals surface area contributed by atoms with Crippen LogP contribution in [0.3, 0.4) is 0 Å². The number of nitrogens with zero attached hydrogens (tertiary/aromatic N) is 1. The Balaban J connectivity index is 1.67. The minimum absolute atomic E-state index is 0.174. The lowest BCUT2D eigenvalue weighted by atomic mass is 9.87. The maximum atomic E-state index is 12.8. The van der Waals surface area contributed by atoms with Crippen molar-refractivity contribution in [2.75, 3.05) is 0 Å². The summed E-state index contributed by atoms with van der Waals surface area (Å²) in [6.07, 6.45) is 1.39. The summed E-state index contributed by atoms with van der Waals surface area (Å²) in [6, 6.07) is 20.7. The van der Waals surface area contributed by atoms with E-state index in [0.717, 1.165) is 5.56 Å². The maximum absolute atomic E-state index is 12.8. The Hall–Kier alpha value is -3.45. The average molecular weight is 451 g/mol. The first-order valence-electron chi connectivity index (χ1n) is 10.1. The number of carbonyl (C=O) groups excluding carboxylic acids is 1. The van der Waals surface area contributed by atoms with Gasteiger partial charge in [-0.1, -0.05) is 51.1 Å². The number of nitrogens with one attached hydrogen (secondary N) is 1. The number of benzene rings is 3. The van der Waals surface area contributed by atoms with Gasteiger partial charge in [0.05, 0.1) is 16.7 Å². The molecule has 0 atom stereocenters. The monoisotopic (exact) mass is 450 g/mol. The first-order chi connectivity index (χ1) is 15.1. The maximum Gasteiger partial charge on any atom is 0.343 e. The van der Waals surface area contributed by atoms with E-state index in [1.165, 1.54) is 6.21 Å². The summed E-state index contributed by atoms with van der Waals surface area (Å²) in [5.41, 5.74) is 2.50. The van der Waals surface area contributed by atoms with Gasteiger partial charge in [-0.2, -0.15) is 13.5 Å². The highest BCUT2D eigenvalue weighted by molar-refractivity contribution is 7.89. The summed E-state index contributed by atoms with van der Waals surface area (Å²) in [7, 11) is -3.82. The molecule has 0 unspecified atom stereocenters. The molecule has 6 nitrogen and oxygen atoms in total.